The monoisotopic (exact) mass is 187 g/mol. The lowest BCUT2D eigenvalue weighted by atomic mass is 10.1. The second-order valence-corrected chi connectivity index (χ2v) is 3.92. The van der Waals surface area contributed by atoms with Crippen molar-refractivity contribution in [1.82, 2.24) is 5.32 Å². The Kier molecular flexibility index (Phi) is 8.46. The number of likely N-dealkylation sites (N-methyl/N-ethyl adjacent to an activating group) is 1. The molecular formula is C11H25NO. The summed E-state index contributed by atoms with van der Waals surface area (Å²) in [4.78, 5) is 0. The van der Waals surface area contributed by atoms with E-state index in [1.807, 2.05) is 0 Å². The van der Waals surface area contributed by atoms with E-state index in [4.69, 9.17) is 4.74 Å². The lowest BCUT2D eigenvalue weighted by Gasteiger charge is -2.16. The number of hydrogen-bond donors (Lipinski definition) is 1. The Bertz CT molecular complexity index is 104. The lowest BCUT2D eigenvalue weighted by Crippen LogP contribution is -2.32. The molecule has 2 heteroatoms. The second-order valence-electron chi connectivity index (χ2n) is 3.92. The Hall–Kier alpha value is -0.0800. The molecule has 0 aromatic rings. The summed E-state index contributed by atoms with van der Waals surface area (Å²) >= 11 is 0. The quantitative estimate of drug-likeness (QED) is 0.589. The summed E-state index contributed by atoms with van der Waals surface area (Å²) in [5, 5.41) is 3.40. The summed E-state index contributed by atoms with van der Waals surface area (Å²) in [7, 11) is 0. The summed E-state index contributed by atoms with van der Waals surface area (Å²) in [6, 6.07) is 0.539. The van der Waals surface area contributed by atoms with Crippen LogP contribution in [0.25, 0.3) is 0 Å². The highest BCUT2D eigenvalue weighted by molar-refractivity contribution is 4.61. The van der Waals surface area contributed by atoms with Gasteiger partial charge in [0.2, 0.25) is 0 Å². The Labute approximate surface area is 83.1 Å². The number of hydrogen-bond acceptors (Lipinski definition) is 2. The molecule has 1 unspecified atom stereocenters. The molecule has 13 heavy (non-hydrogen) atoms. The third-order valence-corrected chi connectivity index (χ3v) is 2.14. The van der Waals surface area contributed by atoms with Crippen LogP contribution in [-0.2, 0) is 4.74 Å². The molecular weight excluding hydrogens is 162 g/mol. The first-order valence-corrected chi connectivity index (χ1v) is 5.51. The molecule has 1 N–H and O–H groups in total. The van der Waals surface area contributed by atoms with E-state index in [2.05, 4.69) is 33.0 Å². The first-order chi connectivity index (χ1) is 6.20. The highest BCUT2D eigenvalue weighted by atomic mass is 16.5. The molecule has 0 aliphatic heterocycles. The van der Waals surface area contributed by atoms with Crippen molar-refractivity contribution < 1.29 is 4.74 Å². The Balaban J connectivity index is 3.27. The molecule has 0 bridgehead atoms. The van der Waals surface area contributed by atoms with Crippen LogP contribution in [0.15, 0.2) is 0 Å². The van der Waals surface area contributed by atoms with Crippen molar-refractivity contribution in [2.75, 3.05) is 19.8 Å². The van der Waals surface area contributed by atoms with Gasteiger partial charge in [-0.05, 0) is 25.3 Å². The molecule has 0 aliphatic carbocycles. The fourth-order valence-electron chi connectivity index (χ4n) is 1.15. The van der Waals surface area contributed by atoms with Crippen LogP contribution in [0, 0.1) is 5.92 Å². The van der Waals surface area contributed by atoms with E-state index in [0.29, 0.717) is 6.04 Å². The van der Waals surface area contributed by atoms with Crippen LogP contribution in [0.3, 0.4) is 0 Å². The van der Waals surface area contributed by atoms with Crippen LogP contribution < -0.4 is 5.32 Å². The minimum Gasteiger partial charge on any atom is -0.380 e. The molecule has 0 radical (unpaired) electrons. The standard InChI is InChI=1S/C11H25NO/c1-5-11(12-6-2)9-13-8-7-10(3)4/h10-12H,5-9H2,1-4H3. The van der Waals surface area contributed by atoms with Gasteiger partial charge in [-0.3, -0.25) is 0 Å². The fraction of sp³-hybridized carbons (Fsp3) is 1.00. The van der Waals surface area contributed by atoms with E-state index >= 15 is 0 Å². The maximum atomic E-state index is 5.59. The number of ether oxygens (including phenoxy) is 1. The lowest BCUT2D eigenvalue weighted by molar-refractivity contribution is 0.102. The minimum atomic E-state index is 0.539. The average Bonchev–Trinajstić information content (AvgIpc) is 2.10. The van der Waals surface area contributed by atoms with Crippen LogP contribution in [0.2, 0.25) is 0 Å². The van der Waals surface area contributed by atoms with Crippen LogP contribution in [0.1, 0.15) is 40.5 Å². The molecule has 0 spiro atoms. The normalized spacial score (nSPS) is 13.6. The van der Waals surface area contributed by atoms with Crippen molar-refractivity contribution in [3.05, 3.63) is 0 Å². The Morgan fingerprint density at radius 3 is 2.38 bits per heavy atom. The predicted molar refractivity (Wildman–Crippen MR) is 58.0 cm³/mol. The van der Waals surface area contributed by atoms with Gasteiger partial charge in [-0.1, -0.05) is 27.7 Å². The van der Waals surface area contributed by atoms with Gasteiger partial charge < -0.3 is 10.1 Å². The summed E-state index contributed by atoms with van der Waals surface area (Å²) in [6.45, 7) is 11.6. The molecule has 0 aromatic heterocycles. The Morgan fingerprint density at radius 2 is 1.92 bits per heavy atom. The van der Waals surface area contributed by atoms with Gasteiger partial charge in [-0.25, -0.2) is 0 Å². The van der Waals surface area contributed by atoms with Gasteiger partial charge in [0.25, 0.3) is 0 Å². The third-order valence-electron chi connectivity index (χ3n) is 2.14. The van der Waals surface area contributed by atoms with Gasteiger partial charge in [0.15, 0.2) is 0 Å². The summed E-state index contributed by atoms with van der Waals surface area (Å²) in [6.07, 6.45) is 2.32. The highest BCUT2D eigenvalue weighted by Gasteiger charge is 2.03. The van der Waals surface area contributed by atoms with E-state index in [1.165, 1.54) is 6.42 Å². The largest absolute Gasteiger partial charge is 0.380 e. The molecule has 0 fully saturated rings. The molecule has 0 saturated carbocycles. The molecule has 2 nitrogen and oxygen atoms in total. The first kappa shape index (κ1) is 12.9. The van der Waals surface area contributed by atoms with Gasteiger partial charge in [0.1, 0.15) is 0 Å². The van der Waals surface area contributed by atoms with Gasteiger partial charge >= 0.3 is 0 Å². The van der Waals surface area contributed by atoms with Crippen LogP contribution in [0.5, 0.6) is 0 Å². The SMILES string of the molecule is CCNC(CC)COCCC(C)C. The maximum absolute atomic E-state index is 5.59. The molecule has 0 saturated heterocycles. The van der Waals surface area contributed by atoms with Crippen LogP contribution in [0.4, 0.5) is 0 Å². The van der Waals surface area contributed by atoms with Crippen molar-refractivity contribution in [2.45, 2.75) is 46.6 Å². The molecule has 80 valence electrons. The van der Waals surface area contributed by atoms with Crippen LogP contribution >= 0.6 is 0 Å². The fourth-order valence-corrected chi connectivity index (χ4v) is 1.15. The van der Waals surface area contributed by atoms with Crippen molar-refractivity contribution in [3.63, 3.8) is 0 Å². The highest BCUT2D eigenvalue weighted by Crippen LogP contribution is 2.00. The molecule has 0 heterocycles. The molecule has 0 amide bonds. The third kappa shape index (κ3) is 8.26. The van der Waals surface area contributed by atoms with E-state index in [1.54, 1.807) is 0 Å². The molecule has 0 rings (SSSR count). The van der Waals surface area contributed by atoms with Gasteiger partial charge in [0.05, 0.1) is 6.61 Å². The molecule has 0 aliphatic rings. The zero-order valence-corrected chi connectivity index (χ0v) is 9.60. The van der Waals surface area contributed by atoms with E-state index < -0.39 is 0 Å². The van der Waals surface area contributed by atoms with Gasteiger partial charge in [0, 0.05) is 12.6 Å². The van der Waals surface area contributed by atoms with E-state index in [9.17, 15) is 0 Å². The zero-order valence-electron chi connectivity index (χ0n) is 9.60. The van der Waals surface area contributed by atoms with E-state index in [-0.39, 0.29) is 0 Å². The maximum Gasteiger partial charge on any atom is 0.0619 e. The van der Waals surface area contributed by atoms with Crippen LogP contribution in [-0.4, -0.2) is 25.8 Å². The number of rotatable bonds is 8. The first-order valence-electron chi connectivity index (χ1n) is 5.51. The van der Waals surface area contributed by atoms with Crippen molar-refractivity contribution in [3.8, 4) is 0 Å². The molecule has 1 atom stereocenters. The summed E-state index contributed by atoms with van der Waals surface area (Å²) in [5.74, 6) is 0.749. The number of nitrogens with one attached hydrogen (secondary N) is 1. The Morgan fingerprint density at radius 1 is 1.23 bits per heavy atom. The van der Waals surface area contributed by atoms with E-state index in [0.717, 1.165) is 32.1 Å². The molecule has 0 aromatic carbocycles. The van der Waals surface area contributed by atoms with Crippen molar-refractivity contribution in [1.29, 1.82) is 0 Å². The summed E-state index contributed by atoms with van der Waals surface area (Å²) < 4.78 is 5.59. The van der Waals surface area contributed by atoms with Crippen molar-refractivity contribution in [2.24, 2.45) is 5.92 Å². The predicted octanol–water partition coefficient (Wildman–Crippen LogP) is 2.44. The summed E-state index contributed by atoms with van der Waals surface area (Å²) in [5.41, 5.74) is 0. The van der Waals surface area contributed by atoms with Gasteiger partial charge in [-0.15, -0.1) is 0 Å². The minimum absolute atomic E-state index is 0.539. The van der Waals surface area contributed by atoms with Crippen molar-refractivity contribution >= 4 is 0 Å². The smallest absolute Gasteiger partial charge is 0.0619 e. The average molecular weight is 187 g/mol. The second kappa shape index (κ2) is 8.52. The van der Waals surface area contributed by atoms with Gasteiger partial charge in [-0.2, -0.15) is 0 Å². The topological polar surface area (TPSA) is 21.3 Å². The zero-order chi connectivity index (χ0) is 10.1.